The summed E-state index contributed by atoms with van der Waals surface area (Å²) >= 11 is 1.21. The van der Waals surface area contributed by atoms with Gasteiger partial charge in [-0.15, -0.1) is 0 Å². The van der Waals surface area contributed by atoms with E-state index < -0.39 is 0 Å². The Balaban J connectivity index is 2.08. The molecule has 0 spiro atoms. The van der Waals surface area contributed by atoms with Crippen LogP contribution >= 0.6 is 11.8 Å². The number of rotatable bonds is 5. The maximum atomic E-state index is 12.2. The van der Waals surface area contributed by atoms with Gasteiger partial charge in [-0.25, -0.2) is 4.98 Å². The number of hydrogen-bond acceptors (Lipinski definition) is 6. The molecule has 0 fully saturated rings. The summed E-state index contributed by atoms with van der Waals surface area (Å²) in [6.07, 6.45) is 0.588. The smallest absolute Gasteiger partial charge is 0.251 e. The SMILES string of the molecule is CCC(Sc1nc(C)cc(=O)[nH]1)C(=O)Nc1cc(C)on1. The quantitative estimate of drug-likeness (QED) is 0.646. The molecule has 2 N–H and O–H groups in total. The van der Waals surface area contributed by atoms with Gasteiger partial charge in [0.2, 0.25) is 5.91 Å². The summed E-state index contributed by atoms with van der Waals surface area (Å²) < 4.78 is 4.90. The van der Waals surface area contributed by atoms with Gasteiger partial charge in [0.1, 0.15) is 5.76 Å². The molecule has 21 heavy (non-hydrogen) atoms. The molecule has 2 aromatic rings. The van der Waals surface area contributed by atoms with E-state index in [9.17, 15) is 9.59 Å². The zero-order valence-corrected chi connectivity index (χ0v) is 12.8. The molecule has 2 heterocycles. The number of carbonyl (C=O) groups is 1. The van der Waals surface area contributed by atoms with Crippen LogP contribution in [-0.2, 0) is 4.79 Å². The van der Waals surface area contributed by atoms with Crippen LogP contribution < -0.4 is 10.9 Å². The topological polar surface area (TPSA) is 101 Å². The van der Waals surface area contributed by atoms with Crippen LogP contribution in [0.15, 0.2) is 26.6 Å². The van der Waals surface area contributed by atoms with Crippen molar-refractivity contribution in [1.29, 1.82) is 0 Å². The molecule has 0 aliphatic carbocycles. The summed E-state index contributed by atoms with van der Waals surface area (Å²) in [7, 11) is 0. The number of aromatic nitrogens is 3. The van der Waals surface area contributed by atoms with Crippen LogP contribution in [-0.4, -0.2) is 26.3 Å². The number of aromatic amines is 1. The predicted octanol–water partition coefficient (Wildman–Crippen LogP) is 1.88. The lowest BCUT2D eigenvalue weighted by molar-refractivity contribution is -0.115. The first-order valence-corrected chi connectivity index (χ1v) is 7.34. The van der Waals surface area contributed by atoms with E-state index in [0.717, 1.165) is 0 Å². The lowest BCUT2D eigenvalue weighted by atomic mass is 10.3. The van der Waals surface area contributed by atoms with Crippen molar-refractivity contribution >= 4 is 23.5 Å². The maximum absolute atomic E-state index is 12.2. The van der Waals surface area contributed by atoms with Crippen LogP contribution in [0, 0.1) is 13.8 Å². The van der Waals surface area contributed by atoms with Crippen molar-refractivity contribution in [3.05, 3.63) is 33.9 Å². The first kappa shape index (κ1) is 15.3. The third kappa shape index (κ3) is 4.19. The molecule has 0 radical (unpaired) electrons. The summed E-state index contributed by atoms with van der Waals surface area (Å²) in [5.74, 6) is 0.790. The first-order valence-electron chi connectivity index (χ1n) is 6.46. The van der Waals surface area contributed by atoms with E-state index in [0.29, 0.717) is 28.8 Å². The molecule has 8 heteroatoms. The minimum absolute atomic E-state index is 0.208. The lowest BCUT2D eigenvalue weighted by Crippen LogP contribution is -2.25. The van der Waals surface area contributed by atoms with Gasteiger partial charge in [-0.05, 0) is 20.3 Å². The molecule has 0 bridgehead atoms. The van der Waals surface area contributed by atoms with Crippen LogP contribution in [0.2, 0.25) is 0 Å². The molecule has 1 unspecified atom stereocenters. The van der Waals surface area contributed by atoms with E-state index in [-0.39, 0.29) is 16.7 Å². The highest BCUT2D eigenvalue weighted by atomic mass is 32.2. The second-order valence-electron chi connectivity index (χ2n) is 4.52. The predicted molar refractivity (Wildman–Crippen MR) is 79.4 cm³/mol. The van der Waals surface area contributed by atoms with Gasteiger partial charge in [0.25, 0.3) is 5.56 Å². The van der Waals surface area contributed by atoms with E-state index in [1.807, 2.05) is 6.92 Å². The Morgan fingerprint density at radius 1 is 1.48 bits per heavy atom. The molecule has 0 saturated heterocycles. The average Bonchev–Trinajstić information content (AvgIpc) is 2.80. The van der Waals surface area contributed by atoms with Crippen molar-refractivity contribution in [2.24, 2.45) is 0 Å². The Hall–Kier alpha value is -2.09. The van der Waals surface area contributed by atoms with Crippen LogP contribution in [0.4, 0.5) is 5.82 Å². The summed E-state index contributed by atoms with van der Waals surface area (Å²) in [6.45, 7) is 5.37. The second-order valence-corrected chi connectivity index (χ2v) is 5.71. The number of anilines is 1. The van der Waals surface area contributed by atoms with E-state index in [1.54, 1.807) is 19.9 Å². The number of nitrogens with one attached hydrogen (secondary N) is 2. The third-order valence-electron chi connectivity index (χ3n) is 2.64. The monoisotopic (exact) mass is 308 g/mol. The van der Waals surface area contributed by atoms with Crippen LogP contribution in [0.1, 0.15) is 24.8 Å². The highest BCUT2D eigenvalue weighted by Crippen LogP contribution is 2.22. The second kappa shape index (κ2) is 6.57. The minimum atomic E-state index is -0.382. The molecule has 1 amide bonds. The van der Waals surface area contributed by atoms with E-state index >= 15 is 0 Å². The highest BCUT2D eigenvalue weighted by Gasteiger charge is 2.20. The number of hydrogen-bond donors (Lipinski definition) is 2. The fraction of sp³-hybridized carbons (Fsp3) is 0.385. The van der Waals surface area contributed by atoms with Gasteiger partial charge >= 0.3 is 0 Å². The molecule has 1 atom stereocenters. The average molecular weight is 308 g/mol. The van der Waals surface area contributed by atoms with Crippen LogP contribution in [0.5, 0.6) is 0 Å². The van der Waals surface area contributed by atoms with E-state index in [1.165, 1.54) is 17.8 Å². The zero-order chi connectivity index (χ0) is 15.4. The molecular weight excluding hydrogens is 292 g/mol. The van der Waals surface area contributed by atoms with Crippen molar-refractivity contribution in [2.75, 3.05) is 5.32 Å². The molecule has 0 aliphatic rings. The van der Waals surface area contributed by atoms with Crippen molar-refractivity contribution in [3.8, 4) is 0 Å². The number of amides is 1. The molecule has 0 saturated carbocycles. The third-order valence-corrected chi connectivity index (χ3v) is 3.89. The number of carbonyl (C=O) groups excluding carboxylic acids is 1. The van der Waals surface area contributed by atoms with Crippen molar-refractivity contribution in [3.63, 3.8) is 0 Å². The Kier molecular flexibility index (Phi) is 4.79. The minimum Gasteiger partial charge on any atom is -0.360 e. The lowest BCUT2D eigenvalue weighted by Gasteiger charge is -2.12. The summed E-state index contributed by atoms with van der Waals surface area (Å²) in [6, 6.07) is 3.05. The van der Waals surface area contributed by atoms with Gasteiger partial charge < -0.3 is 14.8 Å². The summed E-state index contributed by atoms with van der Waals surface area (Å²) in [4.78, 5) is 30.4. The molecule has 2 aromatic heterocycles. The highest BCUT2D eigenvalue weighted by molar-refractivity contribution is 8.00. The summed E-state index contributed by atoms with van der Waals surface area (Å²) in [5, 5.41) is 6.44. The van der Waals surface area contributed by atoms with E-state index in [4.69, 9.17) is 4.52 Å². The van der Waals surface area contributed by atoms with Crippen molar-refractivity contribution in [1.82, 2.24) is 15.1 Å². The maximum Gasteiger partial charge on any atom is 0.251 e. The fourth-order valence-corrected chi connectivity index (χ4v) is 2.65. The molecular formula is C13H16N4O3S. The molecule has 112 valence electrons. The van der Waals surface area contributed by atoms with Gasteiger partial charge in [0.15, 0.2) is 11.0 Å². The normalized spacial score (nSPS) is 12.1. The van der Waals surface area contributed by atoms with Gasteiger partial charge in [0.05, 0.1) is 5.25 Å². The first-order chi connectivity index (χ1) is 9.97. The van der Waals surface area contributed by atoms with Gasteiger partial charge in [-0.2, -0.15) is 0 Å². The van der Waals surface area contributed by atoms with Gasteiger partial charge in [0, 0.05) is 17.8 Å². The molecule has 7 nitrogen and oxygen atoms in total. The van der Waals surface area contributed by atoms with Crippen molar-refractivity contribution < 1.29 is 9.32 Å². The van der Waals surface area contributed by atoms with E-state index in [2.05, 4.69) is 20.4 Å². The fourth-order valence-electron chi connectivity index (χ4n) is 1.70. The summed E-state index contributed by atoms with van der Waals surface area (Å²) in [5.41, 5.74) is 0.385. The Morgan fingerprint density at radius 2 is 2.24 bits per heavy atom. The largest absolute Gasteiger partial charge is 0.360 e. The Bertz CT molecular complexity index is 695. The Labute approximate surface area is 125 Å². The number of nitrogens with zero attached hydrogens (tertiary/aromatic N) is 2. The zero-order valence-electron chi connectivity index (χ0n) is 12.0. The van der Waals surface area contributed by atoms with Crippen LogP contribution in [0.25, 0.3) is 0 Å². The molecule has 0 aliphatic heterocycles. The number of aryl methyl sites for hydroxylation is 2. The standard InChI is InChI=1S/C13H16N4O3S/c1-4-9(12(19)15-10-6-8(3)20-17-10)21-13-14-7(2)5-11(18)16-13/h5-6,9H,4H2,1-3H3,(H,14,16,18)(H,15,17,19). The number of H-pyrrole nitrogens is 1. The molecule has 2 rings (SSSR count). The Morgan fingerprint density at radius 3 is 2.81 bits per heavy atom. The van der Waals surface area contributed by atoms with Crippen LogP contribution in [0.3, 0.4) is 0 Å². The number of thioether (sulfide) groups is 1. The molecule has 0 aromatic carbocycles. The van der Waals surface area contributed by atoms with Gasteiger partial charge in [-0.3, -0.25) is 9.59 Å². The van der Waals surface area contributed by atoms with Gasteiger partial charge in [-0.1, -0.05) is 23.8 Å². The van der Waals surface area contributed by atoms with Crippen molar-refractivity contribution in [2.45, 2.75) is 37.6 Å².